The summed E-state index contributed by atoms with van der Waals surface area (Å²) < 4.78 is 0. The van der Waals surface area contributed by atoms with Gasteiger partial charge in [0.2, 0.25) is 0 Å². The second-order valence-corrected chi connectivity index (χ2v) is 9.20. The zero-order chi connectivity index (χ0) is 18.5. The first-order valence-corrected chi connectivity index (χ1v) is 9.66. The van der Waals surface area contributed by atoms with Crippen LogP contribution in [0.25, 0.3) is 16.5 Å². The Bertz CT molecular complexity index is 951. The third-order valence-corrected chi connectivity index (χ3v) is 6.45. The molecule has 0 saturated heterocycles. The van der Waals surface area contributed by atoms with Gasteiger partial charge in [-0.15, -0.1) is 0 Å². The van der Waals surface area contributed by atoms with E-state index >= 15 is 0 Å². The number of benzene rings is 2. The summed E-state index contributed by atoms with van der Waals surface area (Å²) in [4.78, 5) is 3.57. The molecule has 1 nitrogen and oxygen atoms in total. The number of hydrogen-bond acceptors (Lipinski definition) is 0. The van der Waals surface area contributed by atoms with Crippen molar-refractivity contribution in [2.45, 2.75) is 64.2 Å². The van der Waals surface area contributed by atoms with Crippen molar-refractivity contribution in [3.05, 3.63) is 75.6 Å². The first-order valence-electron chi connectivity index (χ1n) is 9.66. The summed E-state index contributed by atoms with van der Waals surface area (Å²) >= 11 is 0. The lowest BCUT2D eigenvalue weighted by atomic mass is 9.63. The van der Waals surface area contributed by atoms with Crippen LogP contribution in [-0.2, 0) is 17.3 Å². The van der Waals surface area contributed by atoms with Crippen molar-refractivity contribution in [1.82, 2.24) is 0 Å². The van der Waals surface area contributed by atoms with Gasteiger partial charge in [-0.3, -0.25) is 0 Å². The standard InChI is InChI=1S/C25H27N/c1-24(2)12-13-25(3,4)23-15-17(6-11-22(23)24)14-18-7-8-19-16-20(26-5)9-10-21(18)19/h6,9-11,14-16H,7-8,12-13H2,1-4H3/b18-14-. The molecule has 4 rings (SSSR count). The van der Waals surface area contributed by atoms with Crippen LogP contribution in [0.1, 0.15) is 74.8 Å². The molecule has 0 amide bonds. The van der Waals surface area contributed by atoms with Gasteiger partial charge in [0.25, 0.3) is 0 Å². The second-order valence-electron chi connectivity index (χ2n) is 9.20. The molecule has 0 bridgehead atoms. The summed E-state index contributed by atoms with van der Waals surface area (Å²) in [6, 6.07) is 13.2. The van der Waals surface area contributed by atoms with E-state index in [1.807, 2.05) is 6.07 Å². The van der Waals surface area contributed by atoms with Gasteiger partial charge < -0.3 is 0 Å². The van der Waals surface area contributed by atoms with Crippen molar-refractivity contribution >= 4 is 17.3 Å². The van der Waals surface area contributed by atoms with E-state index in [2.05, 4.69) is 68.9 Å². The minimum absolute atomic E-state index is 0.248. The van der Waals surface area contributed by atoms with E-state index in [-0.39, 0.29) is 10.8 Å². The molecule has 26 heavy (non-hydrogen) atoms. The summed E-state index contributed by atoms with van der Waals surface area (Å²) in [5.74, 6) is 0. The lowest BCUT2D eigenvalue weighted by molar-refractivity contribution is 0.332. The van der Waals surface area contributed by atoms with Crippen molar-refractivity contribution in [3.63, 3.8) is 0 Å². The quantitative estimate of drug-likeness (QED) is 0.488. The maximum Gasteiger partial charge on any atom is 0.187 e. The van der Waals surface area contributed by atoms with E-state index in [0.717, 1.165) is 18.5 Å². The number of allylic oxidation sites excluding steroid dienone is 1. The highest BCUT2D eigenvalue weighted by Crippen LogP contribution is 2.46. The van der Waals surface area contributed by atoms with Crippen LogP contribution in [0.3, 0.4) is 0 Å². The summed E-state index contributed by atoms with van der Waals surface area (Å²) in [5, 5.41) is 0. The van der Waals surface area contributed by atoms with E-state index in [1.54, 1.807) is 0 Å². The zero-order valence-electron chi connectivity index (χ0n) is 16.3. The van der Waals surface area contributed by atoms with Gasteiger partial charge in [-0.25, -0.2) is 4.85 Å². The van der Waals surface area contributed by atoms with Gasteiger partial charge in [-0.1, -0.05) is 75.7 Å². The number of hydrogen-bond donors (Lipinski definition) is 0. The maximum absolute atomic E-state index is 7.20. The Balaban J connectivity index is 1.76. The highest BCUT2D eigenvalue weighted by molar-refractivity contribution is 5.86. The summed E-state index contributed by atoms with van der Waals surface area (Å²) in [6.45, 7) is 16.7. The van der Waals surface area contributed by atoms with E-state index in [9.17, 15) is 0 Å². The molecular weight excluding hydrogens is 314 g/mol. The summed E-state index contributed by atoms with van der Waals surface area (Å²) in [7, 11) is 0. The SMILES string of the molecule is [C-]#[N+]c1ccc2c(c1)CC/C2=C/c1ccc2c(c1)C(C)(C)CCC2(C)C. The van der Waals surface area contributed by atoms with Gasteiger partial charge in [0.15, 0.2) is 5.69 Å². The molecule has 2 aromatic rings. The van der Waals surface area contributed by atoms with E-state index < -0.39 is 0 Å². The van der Waals surface area contributed by atoms with Crippen molar-refractivity contribution in [1.29, 1.82) is 0 Å². The second kappa shape index (κ2) is 5.85. The third kappa shape index (κ3) is 2.78. The highest BCUT2D eigenvalue weighted by Gasteiger charge is 2.36. The molecule has 1 heteroatoms. The van der Waals surface area contributed by atoms with Crippen LogP contribution in [0.2, 0.25) is 0 Å². The molecule has 2 aliphatic carbocycles. The topological polar surface area (TPSA) is 4.36 Å². The fourth-order valence-corrected chi connectivity index (χ4v) is 4.62. The Morgan fingerprint density at radius 2 is 1.62 bits per heavy atom. The van der Waals surface area contributed by atoms with Crippen molar-refractivity contribution < 1.29 is 0 Å². The maximum atomic E-state index is 7.20. The monoisotopic (exact) mass is 341 g/mol. The molecule has 0 saturated carbocycles. The van der Waals surface area contributed by atoms with Crippen molar-refractivity contribution in [2.75, 3.05) is 0 Å². The fourth-order valence-electron chi connectivity index (χ4n) is 4.62. The van der Waals surface area contributed by atoms with Gasteiger partial charge in [-0.05, 0) is 64.3 Å². The first-order chi connectivity index (χ1) is 12.3. The van der Waals surface area contributed by atoms with Crippen LogP contribution in [-0.4, -0.2) is 0 Å². The Hall–Kier alpha value is -2.33. The van der Waals surface area contributed by atoms with Crippen molar-refractivity contribution in [3.8, 4) is 0 Å². The normalized spacial score (nSPS) is 21.1. The average Bonchev–Trinajstić information content (AvgIpc) is 3.01. The van der Waals surface area contributed by atoms with Crippen LogP contribution in [0, 0.1) is 6.57 Å². The Morgan fingerprint density at radius 3 is 2.35 bits per heavy atom. The minimum atomic E-state index is 0.248. The number of rotatable bonds is 1. The molecule has 0 spiro atoms. The lowest BCUT2D eigenvalue weighted by Crippen LogP contribution is -2.33. The smallest absolute Gasteiger partial charge is 0.187 e. The Morgan fingerprint density at radius 1 is 0.885 bits per heavy atom. The molecule has 0 fully saturated rings. The zero-order valence-corrected chi connectivity index (χ0v) is 16.3. The van der Waals surface area contributed by atoms with Crippen LogP contribution >= 0.6 is 0 Å². The molecule has 0 aromatic heterocycles. The van der Waals surface area contributed by atoms with Gasteiger partial charge in [-0.2, -0.15) is 0 Å². The molecule has 0 unspecified atom stereocenters. The first kappa shape index (κ1) is 17.1. The predicted molar refractivity (Wildman–Crippen MR) is 111 cm³/mol. The van der Waals surface area contributed by atoms with Crippen LogP contribution in [0.5, 0.6) is 0 Å². The molecule has 0 heterocycles. The van der Waals surface area contributed by atoms with E-state index in [1.165, 1.54) is 46.2 Å². The van der Waals surface area contributed by atoms with Crippen LogP contribution < -0.4 is 0 Å². The summed E-state index contributed by atoms with van der Waals surface area (Å²) in [6.07, 6.45) is 6.98. The molecule has 0 N–H and O–H groups in total. The fraction of sp³-hybridized carbons (Fsp3) is 0.400. The number of nitrogens with zero attached hydrogens (tertiary/aromatic N) is 1. The molecule has 132 valence electrons. The highest BCUT2D eigenvalue weighted by atomic mass is 14.6. The average molecular weight is 341 g/mol. The van der Waals surface area contributed by atoms with E-state index in [4.69, 9.17) is 6.57 Å². The van der Waals surface area contributed by atoms with Crippen LogP contribution in [0.4, 0.5) is 5.69 Å². The van der Waals surface area contributed by atoms with Gasteiger partial charge in [0, 0.05) is 0 Å². The molecule has 0 radical (unpaired) electrons. The number of fused-ring (bicyclic) bond motifs is 2. The molecule has 2 aliphatic rings. The molecule has 2 aromatic carbocycles. The summed E-state index contributed by atoms with van der Waals surface area (Å²) in [5.41, 5.74) is 9.68. The van der Waals surface area contributed by atoms with Gasteiger partial charge in [0.1, 0.15) is 0 Å². The molecular formula is C25H27N. The van der Waals surface area contributed by atoms with Crippen LogP contribution in [0.15, 0.2) is 36.4 Å². The Kier molecular flexibility index (Phi) is 3.85. The Labute approximate surface area is 157 Å². The molecule has 0 atom stereocenters. The minimum Gasteiger partial charge on any atom is -0.238 e. The number of aryl methyl sites for hydroxylation is 1. The molecule has 0 aliphatic heterocycles. The third-order valence-electron chi connectivity index (χ3n) is 6.45. The predicted octanol–water partition coefficient (Wildman–Crippen LogP) is 7.07. The largest absolute Gasteiger partial charge is 0.238 e. The van der Waals surface area contributed by atoms with Crippen molar-refractivity contribution in [2.24, 2.45) is 0 Å². The lowest BCUT2D eigenvalue weighted by Gasteiger charge is -2.42. The van der Waals surface area contributed by atoms with Gasteiger partial charge in [0.05, 0.1) is 6.57 Å². The van der Waals surface area contributed by atoms with Gasteiger partial charge >= 0.3 is 0 Å². The van der Waals surface area contributed by atoms with E-state index in [0.29, 0.717) is 0 Å².